The van der Waals surface area contributed by atoms with E-state index in [1.54, 1.807) is 0 Å². The van der Waals surface area contributed by atoms with Crippen LogP contribution in [0.5, 0.6) is 0 Å². The van der Waals surface area contributed by atoms with E-state index >= 15 is 0 Å². The molecule has 13 heavy (non-hydrogen) atoms. The fourth-order valence-corrected chi connectivity index (χ4v) is 1.30. The van der Waals surface area contributed by atoms with Crippen molar-refractivity contribution in [1.82, 2.24) is 14.9 Å². The van der Waals surface area contributed by atoms with E-state index in [-0.39, 0.29) is 0 Å². The van der Waals surface area contributed by atoms with Gasteiger partial charge in [0, 0.05) is 25.0 Å². The minimum absolute atomic E-state index is 0.528. The summed E-state index contributed by atoms with van der Waals surface area (Å²) in [5, 5.41) is 3.47. The molecule has 1 heterocycles. The molecule has 1 unspecified atom stereocenters. The zero-order valence-electron chi connectivity index (χ0n) is 8.53. The highest BCUT2D eigenvalue weighted by Gasteiger charge is 2.00. The average molecular weight is 181 g/mol. The van der Waals surface area contributed by atoms with Crippen LogP contribution in [0.15, 0.2) is 18.7 Å². The maximum absolute atomic E-state index is 4.01. The van der Waals surface area contributed by atoms with Gasteiger partial charge in [-0.15, -0.1) is 0 Å². The molecule has 0 saturated carbocycles. The maximum atomic E-state index is 4.01. The Bertz CT molecular complexity index is 206. The minimum atomic E-state index is 0.528. The molecule has 0 radical (unpaired) electrons. The topological polar surface area (TPSA) is 29.9 Å². The zero-order chi connectivity index (χ0) is 9.52. The van der Waals surface area contributed by atoms with E-state index in [1.807, 2.05) is 18.7 Å². The Labute approximate surface area is 80.2 Å². The molecule has 0 aliphatic heterocycles. The molecule has 1 atom stereocenters. The van der Waals surface area contributed by atoms with E-state index in [9.17, 15) is 0 Å². The Balaban J connectivity index is 2.14. The number of hydrogen-bond acceptors (Lipinski definition) is 2. The van der Waals surface area contributed by atoms with Crippen LogP contribution < -0.4 is 5.32 Å². The van der Waals surface area contributed by atoms with Crippen molar-refractivity contribution in [3.8, 4) is 0 Å². The molecule has 0 amide bonds. The van der Waals surface area contributed by atoms with Gasteiger partial charge in [0.15, 0.2) is 0 Å². The van der Waals surface area contributed by atoms with Crippen LogP contribution in [0.3, 0.4) is 0 Å². The van der Waals surface area contributed by atoms with Crippen molar-refractivity contribution in [3.63, 3.8) is 0 Å². The van der Waals surface area contributed by atoms with Gasteiger partial charge < -0.3 is 9.88 Å². The Kier molecular flexibility index (Phi) is 4.54. The molecule has 0 aliphatic rings. The van der Waals surface area contributed by atoms with Crippen LogP contribution in [0.4, 0.5) is 0 Å². The first-order valence-corrected chi connectivity index (χ1v) is 5.02. The van der Waals surface area contributed by atoms with E-state index in [1.165, 1.54) is 12.8 Å². The van der Waals surface area contributed by atoms with Crippen molar-refractivity contribution >= 4 is 0 Å². The van der Waals surface area contributed by atoms with Gasteiger partial charge in [-0.1, -0.05) is 13.3 Å². The maximum Gasteiger partial charge on any atom is 0.0946 e. The average Bonchev–Trinajstić information content (AvgIpc) is 2.57. The SMILES string of the molecule is CCCCNC(C)Cn1ccnc1. The lowest BCUT2D eigenvalue weighted by atomic mass is 10.3. The molecule has 1 rings (SSSR count). The van der Waals surface area contributed by atoms with Crippen LogP contribution in [0.2, 0.25) is 0 Å². The molecule has 0 aliphatic carbocycles. The summed E-state index contributed by atoms with van der Waals surface area (Å²) >= 11 is 0. The summed E-state index contributed by atoms with van der Waals surface area (Å²) < 4.78 is 2.10. The van der Waals surface area contributed by atoms with Crippen molar-refractivity contribution in [2.75, 3.05) is 6.54 Å². The summed E-state index contributed by atoms with van der Waals surface area (Å²) in [5.41, 5.74) is 0. The molecule has 1 aromatic heterocycles. The van der Waals surface area contributed by atoms with Crippen LogP contribution in [0.1, 0.15) is 26.7 Å². The van der Waals surface area contributed by atoms with Gasteiger partial charge in [-0.2, -0.15) is 0 Å². The molecule has 1 aromatic rings. The van der Waals surface area contributed by atoms with E-state index < -0.39 is 0 Å². The fourth-order valence-electron chi connectivity index (χ4n) is 1.30. The molecule has 3 heteroatoms. The molecule has 0 aromatic carbocycles. The minimum Gasteiger partial charge on any atom is -0.336 e. The smallest absolute Gasteiger partial charge is 0.0946 e. The first-order valence-electron chi connectivity index (χ1n) is 5.02. The molecule has 74 valence electrons. The molecule has 3 nitrogen and oxygen atoms in total. The third-order valence-corrected chi connectivity index (χ3v) is 2.07. The fraction of sp³-hybridized carbons (Fsp3) is 0.700. The lowest BCUT2D eigenvalue weighted by Crippen LogP contribution is -2.30. The van der Waals surface area contributed by atoms with Crippen molar-refractivity contribution in [2.24, 2.45) is 0 Å². The normalized spacial score (nSPS) is 13.1. The third kappa shape index (κ3) is 4.08. The van der Waals surface area contributed by atoms with E-state index in [4.69, 9.17) is 0 Å². The van der Waals surface area contributed by atoms with Gasteiger partial charge in [-0.05, 0) is 19.9 Å². The van der Waals surface area contributed by atoms with Crippen LogP contribution in [0.25, 0.3) is 0 Å². The summed E-state index contributed by atoms with van der Waals surface area (Å²) in [4.78, 5) is 4.01. The molecular formula is C10H19N3. The van der Waals surface area contributed by atoms with Gasteiger partial charge in [-0.3, -0.25) is 0 Å². The number of rotatable bonds is 6. The van der Waals surface area contributed by atoms with Gasteiger partial charge in [0.2, 0.25) is 0 Å². The standard InChI is InChI=1S/C10H19N3/c1-3-4-5-12-10(2)8-13-7-6-11-9-13/h6-7,9-10,12H,3-5,8H2,1-2H3. The molecule has 0 bridgehead atoms. The molecule has 0 spiro atoms. The highest BCUT2D eigenvalue weighted by Crippen LogP contribution is 1.92. The van der Waals surface area contributed by atoms with Gasteiger partial charge in [-0.25, -0.2) is 4.98 Å². The van der Waals surface area contributed by atoms with Crippen LogP contribution in [0, 0.1) is 0 Å². The Morgan fingerprint density at radius 3 is 3.00 bits per heavy atom. The van der Waals surface area contributed by atoms with Gasteiger partial charge in [0.1, 0.15) is 0 Å². The number of aromatic nitrogens is 2. The number of nitrogens with zero attached hydrogens (tertiary/aromatic N) is 2. The Hall–Kier alpha value is -0.830. The second-order valence-corrected chi connectivity index (χ2v) is 3.47. The van der Waals surface area contributed by atoms with E-state index in [0.717, 1.165) is 13.1 Å². The molecule has 0 fully saturated rings. The number of nitrogens with one attached hydrogen (secondary N) is 1. The second-order valence-electron chi connectivity index (χ2n) is 3.47. The number of imidazole rings is 1. The van der Waals surface area contributed by atoms with Gasteiger partial charge in [0.25, 0.3) is 0 Å². The molecule has 0 saturated heterocycles. The third-order valence-electron chi connectivity index (χ3n) is 2.07. The lowest BCUT2D eigenvalue weighted by molar-refractivity contribution is 0.470. The van der Waals surface area contributed by atoms with E-state index in [0.29, 0.717) is 6.04 Å². The highest BCUT2D eigenvalue weighted by molar-refractivity contribution is 4.76. The first-order chi connectivity index (χ1) is 6.33. The summed E-state index contributed by atoms with van der Waals surface area (Å²) in [6.45, 7) is 6.54. The van der Waals surface area contributed by atoms with Crippen molar-refractivity contribution in [2.45, 2.75) is 39.3 Å². The first kappa shape index (κ1) is 10.3. The van der Waals surface area contributed by atoms with Crippen LogP contribution >= 0.6 is 0 Å². The van der Waals surface area contributed by atoms with Crippen LogP contribution in [-0.2, 0) is 6.54 Å². The Morgan fingerprint density at radius 2 is 2.38 bits per heavy atom. The highest BCUT2D eigenvalue weighted by atomic mass is 15.1. The van der Waals surface area contributed by atoms with Crippen molar-refractivity contribution in [3.05, 3.63) is 18.7 Å². The van der Waals surface area contributed by atoms with Gasteiger partial charge in [0.05, 0.1) is 6.33 Å². The summed E-state index contributed by atoms with van der Waals surface area (Å²) in [7, 11) is 0. The van der Waals surface area contributed by atoms with Crippen molar-refractivity contribution in [1.29, 1.82) is 0 Å². The molecular weight excluding hydrogens is 162 g/mol. The number of unbranched alkanes of at least 4 members (excludes halogenated alkanes) is 1. The summed E-state index contributed by atoms with van der Waals surface area (Å²) in [6, 6.07) is 0.528. The lowest BCUT2D eigenvalue weighted by Gasteiger charge is -2.13. The number of hydrogen-bond donors (Lipinski definition) is 1. The molecule has 1 N–H and O–H groups in total. The van der Waals surface area contributed by atoms with Gasteiger partial charge >= 0.3 is 0 Å². The summed E-state index contributed by atoms with van der Waals surface area (Å²) in [6.07, 6.45) is 8.19. The van der Waals surface area contributed by atoms with E-state index in [2.05, 4.69) is 28.7 Å². The predicted molar refractivity (Wildman–Crippen MR) is 54.6 cm³/mol. The van der Waals surface area contributed by atoms with Crippen LogP contribution in [-0.4, -0.2) is 22.1 Å². The second kappa shape index (κ2) is 5.75. The Morgan fingerprint density at radius 1 is 1.54 bits per heavy atom. The quantitative estimate of drug-likeness (QED) is 0.676. The zero-order valence-corrected chi connectivity index (χ0v) is 8.53. The summed E-state index contributed by atoms with van der Waals surface area (Å²) in [5.74, 6) is 0. The monoisotopic (exact) mass is 181 g/mol. The largest absolute Gasteiger partial charge is 0.336 e. The van der Waals surface area contributed by atoms with Crippen molar-refractivity contribution < 1.29 is 0 Å². The predicted octanol–water partition coefficient (Wildman–Crippen LogP) is 1.66.